The van der Waals surface area contributed by atoms with Crippen LogP contribution in [0.1, 0.15) is 29.3 Å². The summed E-state index contributed by atoms with van der Waals surface area (Å²) in [6.07, 6.45) is 0. The van der Waals surface area contributed by atoms with Crippen LogP contribution in [0.3, 0.4) is 0 Å². The van der Waals surface area contributed by atoms with Gasteiger partial charge in [0.2, 0.25) is 5.76 Å². The molecule has 1 heterocycles. The lowest BCUT2D eigenvalue weighted by Gasteiger charge is -2.14. The number of hydrogen-bond acceptors (Lipinski definition) is 3. The van der Waals surface area contributed by atoms with Crippen LogP contribution in [0.4, 0.5) is 5.69 Å². The first-order valence-electron chi connectivity index (χ1n) is 5.52. The molecule has 0 bridgehead atoms. The maximum atomic E-state index is 10.8. The number of anilines is 1. The molecule has 100 valence electrons. The third-order valence-electron chi connectivity index (χ3n) is 2.57. The summed E-state index contributed by atoms with van der Waals surface area (Å²) in [4.78, 5) is 10.8. The molecule has 0 radical (unpaired) electrons. The Bertz CT molecular complexity index is 612. The zero-order valence-electron chi connectivity index (χ0n) is 9.98. The van der Waals surface area contributed by atoms with Gasteiger partial charge in [-0.15, -0.1) is 0 Å². The van der Waals surface area contributed by atoms with E-state index in [-0.39, 0.29) is 11.8 Å². The largest absolute Gasteiger partial charge is 0.475 e. The number of carboxylic acids is 1. The van der Waals surface area contributed by atoms with Crippen molar-refractivity contribution in [1.29, 1.82) is 0 Å². The zero-order chi connectivity index (χ0) is 14.0. The van der Waals surface area contributed by atoms with Crippen molar-refractivity contribution in [1.82, 2.24) is 0 Å². The van der Waals surface area contributed by atoms with Crippen molar-refractivity contribution in [3.63, 3.8) is 0 Å². The van der Waals surface area contributed by atoms with Gasteiger partial charge >= 0.3 is 5.97 Å². The Morgan fingerprint density at radius 3 is 2.74 bits per heavy atom. The van der Waals surface area contributed by atoms with E-state index >= 15 is 0 Å². The van der Waals surface area contributed by atoms with Gasteiger partial charge in [-0.05, 0) is 53.2 Å². The highest BCUT2D eigenvalue weighted by Gasteiger charge is 2.14. The minimum absolute atomic E-state index is 0.0705. The van der Waals surface area contributed by atoms with Gasteiger partial charge < -0.3 is 14.8 Å². The number of aromatic carboxylic acids is 1. The Labute approximate surface area is 123 Å². The number of carboxylic acid groups (broad SMARTS) is 1. The van der Waals surface area contributed by atoms with Crippen molar-refractivity contribution in [2.75, 3.05) is 5.32 Å². The fraction of sp³-hybridized carbons (Fsp3) is 0.154. The van der Waals surface area contributed by atoms with E-state index in [9.17, 15) is 4.79 Å². The number of benzene rings is 1. The average molecular weight is 345 g/mol. The van der Waals surface area contributed by atoms with Crippen molar-refractivity contribution in [3.8, 4) is 0 Å². The summed E-state index contributed by atoms with van der Waals surface area (Å²) in [5.41, 5.74) is 0.852. The van der Waals surface area contributed by atoms with Crippen LogP contribution < -0.4 is 5.32 Å². The van der Waals surface area contributed by atoms with Crippen molar-refractivity contribution in [3.05, 3.63) is 51.3 Å². The topological polar surface area (TPSA) is 62.5 Å². The molecule has 1 aromatic heterocycles. The minimum atomic E-state index is -1.08. The molecule has 0 aliphatic heterocycles. The van der Waals surface area contributed by atoms with Gasteiger partial charge in [0.05, 0.1) is 6.04 Å². The molecule has 0 amide bonds. The Hall–Kier alpha value is -1.46. The van der Waals surface area contributed by atoms with E-state index in [2.05, 4.69) is 21.2 Å². The van der Waals surface area contributed by atoms with E-state index < -0.39 is 5.97 Å². The van der Waals surface area contributed by atoms with E-state index in [1.807, 2.05) is 13.0 Å². The van der Waals surface area contributed by atoms with Crippen LogP contribution in [0.25, 0.3) is 0 Å². The van der Waals surface area contributed by atoms with Crippen LogP contribution in [0, 0.1) is 0 Å². The molecule has 0 fully saturated rings. The summed E-state index contributed by atoms with van der Waals surface area (Å²) >= 11 is 9.27. The highest BCUT2D eigenvalue weighted by atomic mass is 79.9. The number of rotatable bonds is 4. The molecule has 0 saturated heterocycles. The van der Waals surface area contributed by atoms with Crippen molar-refractivity contribution in [2.24, 2.45) is 0 Å². The first-order chi connectivity index (χ1) is 8.97. The molecule has 19 heavy (non-hydrogen) atoms. The summed E-state index contributed by atoms with van der Waals surface area (Å²) in [5, 5.41) is 12.7. The van der Waals surface area contributed by atoms with Crippen molar-refractivity contribution in [2.45, 2.75) is 13.0 Å². The van der Waals surface area contributed by atoms with Crippen molar-refractivity contribution >= 4 is 39.2 Å². The predicted octanol–water partition coefficient (Wildman–Crippen LogP) is 4.57. The van der Waals surface area contributed by atoms with Gasteiger partial charge in [-0.1, -0.05) is 11.6 Å². The highest BCUT2D eigenvalue weighted by molar-refractivity contribution is 9.10. The van der Waals surface area contributed by atoms with Gasteiger partial charge in [0.1, 0.15) is 5.76 Å². The molecule has 1 unspecified atom stereocenters. The second kappa shape index (κ2) is 5.67. The average Bonchev–Trinajstić information content (AvgIpc) is 2.82. The van der Waals surface area contributed by atoms with Crippen LogP contribution in [-0.4, -0.2) is 11.1 Å². The maximum Gasteiger partial charge on any atom is 0.371 e. The van der Waals surface area contributed by atoms with Gasteiger partial charge in [-0.2, -0.15) is 0 Å². The van der Waals surface area contributed by atoms with Crippen LogP contribution in [-0.2, 0) is 0 Å². The van der Waals surface area contributed by atoms with E-state index in [0.29, 0.717) is 10.8 Å². The molecule has 1 atom stereocenters. The standard InChI is InChI=1S/C13H11BrClNO3/c1-7(11-4-5-12(19-11)13(17)18)16-10-3-2-8(15)6-9(10)14/h2-7,16H,1H3,(H,17,18). The molecule has 0 aliphatic rings. The first kappa shape index (κ1) is 14.0. The molecular formula is C13H11BrClNO3. The molecule has 0 saturated carbocycles. The van der Waals surface area contributed by atoms with Gasteiger partial charge in [0, 0.05) is 15.2 Å². The van der Waals surface area contributed by atoms with E-state index in [0.717, 1.165) is 10.2 Å². The molecular weight excluding hydrogens is 334 g/mol. The number of furan rings is 1. The summed E-state index contributed by atoms with van der Waals surface area (Å²) in [7, 11) is 0. The Kier molecular flexibility index (Phi) is 4.17. The van der Waals surface area contributed by atoms with Gasteiger partial charge in [0.25, 0.3) is 0 Å². The summed E-state index contributed by atoms with van der Waals surface area (Å²) in [6, 6.07) is 8.31. The third-order valence-corrected chi connectivity index (χ3v) is 3.46. The number of hydrogen-bond donors (Lipinski definition) is 2. The molecule has 2 N–H and O–H groups in total. The number of carbonyl (C=O) groups is 1. The van der Waals surface area contributed by atoms with Crippen LogP contribution in [0.2, 0.25) is 5.02 Å². The van der Waals surface area contributed by atoms with Crippen LogP contribution in [0.15, 0.2) is 39.2 Å². The fourth-order valence-corrected chi connectivity index (χ4v) is 2.41. The molecule has 2 aromatic rings. The van der Waals surface area contributed by atoms with Gasteiger partial charge in [-0.25, -0.2) is 4.79 Å². The monoisotopic (exact) mass is 343 g/mol. The Morgan fingerprint density at radius 1 is 1.42 bits per heavy atom. The molecule has 4 nitrogen and oxygen atoms in total. The molecule has 6 heteroatoms. The number of nitrogens with one attached hydrogen (secondary N) is 1. The van der Waals surface area contributed by atoms with Gasteiger partial charge in [0.15, 0.2) is 0 Å². The molecule has 1 aromatic carbocycles. The normalized spacial score (nSPS) is 12.2. The number of halogens is 2. The quantitative estimate of drug-likeness (QED) is 0.853. The van der Waals surface area contributed by atoms with Crippen molar-refractivity contribution < 1.29 is 14.3 Å². The predicted molar refractivity (Wildman–Crippen MR) is 76.9 cm³/mol. The summed E-state index contributed by atoms with van der Waals surface area (Å²) in [6.45, 7) is 1.88. The first-order valence-corrected chi connectivity index (χ1v) is 6.69. The molecule has 2 rings (SSSR count). The van der Waals surface area contributed by atoms with Crippen LogP contribution in [0.5, 0.6) is 0 Å². The van der Waals surface area contributed by atoms with E-state index in [1.165, 1.54) is 6.07 Å². The lowest BCUT2D eigenvalue weighted by atomic mass is 10.2. The van der Waals surface area contributed by atoms with E-state index in [1.54, 1.807) is 18.2 Å². The Balaban J connectivity index is 2.15. The molecule has 0 aliphatic carbocycles. The lowest BCUT2D eigenvalue weighted by molar-refractivity contribution is 0.0660. The maximum absolute atomic E-state index is 10.8. The minimum Gasteiger partial charge on any atom is -0.475 e. The zero-order valence-corrected chi connectivity index (χ0v) is 12.3. The Morgan fingerprint density at radius 2 is 2.16 bits per heavy atom. The summed E-state index contributed by atoms with van der Waals surface area (Å²) in [5.74, 6) is -0.593. The van der Waals surface area contributed by atoms with Crippen LogP contribution >= 0.6 is 27.5 Å². The van der Waals surface area contributed by atoms with Gasteiger partial charge in [-0.3, -0.25) is 0 Å². The van der Waals surface area contributed by atoms with E-state index in [4.69, 9.17) is 21.1 Å². The summed E-state index contributed by atoms with van der Waals surface area (Å²) < 4.78 is 6.07. The second-order valence-electron chi connectivity index (χ2n) is 4.00. The third kappa shape index (κ3) is 3.30. The lowest BCUT2D eigenvalue weighted by Crippen LogP contribution is -2.06. The second-order valence-corrected chi connectivity index (χ2v) is 5.29. The fourth-order valence-electron chi connectivity index (χ4n) is 1.61. The molecule has 0 spiro atoms. The SMILES string of the molecule is CC(Nc1ccc(Cl)cc1Br)c1ccc(C(=O)O)o1. The highest BCUT2D eigenvalue weighted by Crippen LogP contribution is 2.29. The smallest absolute Gasteiger partial charge is 0.371 e.